The van der Waals surface area contributed by atoms with E-state index in [0.29, 0.717) is 11.8 Å². The second-order valence-corrected chi connectivity index (χ2v) is 9.14. The second-order valence-electron chi connectivity index (χ2n) is 9.14. The van der Waals surface area contributed by atoms with Crippen molar-refractivity contribution in [2.75, 3.05) is 39.2 Å². The first-order chi connectivity index (χ1) is 15.4. The number of aromatic nitrogens is 2. The number of nitrogens with one attached hydrogen (secondary N) is 1. The van der Waals surface area contributed by atoms with Crippen LogP contribution in [0.5, 0.6) is 5.75 Å². The third-order valence-corrected chi connectivity index (χ3v) is 6.83. The average Bonchev–Trinajstić information content (AvgIpc) is 3.52. The van der Waals surface area contributed by atoms with Gasteiger partial charge in [-0.3, -0.25) is 4.79 Å². The van der Waals surface area contributed by atoms with Crippen LogP contribution < -0.4 is 15.0 Å². The standard InChI is InChI=1S/C25H29N5O2/c1-16-8-9-17(30-13-18(14-30)29(2)3)12-20(16)24(31)28-25(10-11-25)23-19-6-5-7-21(32-4)22(19)26-15-27-23/h5-9,12,15,18H,10-11,13-14H2,1-4H3,(H,28,31). The number of para-hydroxylation sites is 1. The van der Waals surface area contributed by atoms with E-state index in [1.807, 2.05) is 37.3 Å². The molecule has 1 aliphatic heterocycles. The molecule has 2 fully saturated rings. The summed E-state index contributed by atoms with van der Waals surface area (Å²) in [6, 6.07) is 12.6. The summed E-state index contributed by atoms with van der Waals surface area (Å²) < 4.78 is 5.47. The summed E-state index contributed by atoms with van der Waals surface area (Å²) in [5.74, 6) is 0.656. The molecule has 1 aliphatic carbocycles. The maximum Gasteiger partial charge on any atom is 0.252 e. The number of fused-ring (bicyclic) bond motifs is 1. The zero-order valence-electron chi connectivity index (χ0n) is 19.1. The molecule has 3 aromatic rings. The second kappa shape index (κ2) is 7.74. The number of methoxy groups -OCH3 is 1. The number of nitrogens with zero attached hydrogens (tertiary/aromatic N) is 4. The van der Waals surface area contributed by atoms with E-state index in [0.717, 1.165) is 59.3 Å². The Bertz CT molecular complexity index is 1180. The monoisotopic (exact) mass is 431 g/mol. The molecule has 32 heavy (non-hydrogen) atoms. The van der Waals surface area contributed by atoms with Crippen molar-refractivity contribution in [3.05, 3.63) is 59.5 Å². The fourth-order valence-corrected chi connectivity index (χ4v) is 4.48. The van der Waals surface area contributed by atoms with Gasteiger partial charge in [0, 0.05) is 35.8 Å². The summed E-state index contributed by atoms with van der Waals surface area (Å²) in [6.07, 6.45) is 3.28. The van der Waals surface area contributed by atoms with Crippen LogP contribution in [0.3, 0.4) is 0 Å². The Labute approximate surface area is 188 Å². The van der Waals surface area contributed by atoms with E-state index in [1.165, 1.54) is 0 Å². The van der Waals surface area contributed by atoms with Crippen molar-refractivity contribution in [2.45, 2.75) is 31.3 Å². The first-order valence-corrected chi connectivity index (χ1v) is 11.0. The molecule has 0 radical (unpaired) electrons. The molecule has 5 rings (SSSR count). The summed E-state index contributed by atoms with van der Waals surface area (Å²) in [5, 5.41) is 4.22. The highest BCUT2D eigenvalue weighted by Gasteiger charge is 2.48. The van der Waals surface area contributed by atoms with Gasteiger partial charge in [0.2, 0.25) is 0 Å². The Hall–Kier alpha value is -3.19. The molecule has 2 heterocycles. The minimum absolute atomic E-state index is 0.0545. The van der Waals surface area contributed by atoms with Gasteiger partial charge in [0.1, 0.15) is 17.6 Å². The van der Waals surface area contributed by atoms with E-state index in [-0.39, 0.29) is 5.91 Å². The predicted octanol–water partition coefficient (Wildman–Crippen LogP) is 3.12. The molecule has 0 spiro atoms. The van der Waals surface area contributed by atoms with Crippen LogP contribution in [0.2, 0.25) is 0 Å². The number of rotatable bonds is 6. The lowest BCUT2D eigenvalue weighted by atomic mass is 10.0. The smallest absolute Gasteiger partial charge is 0.252 e. The van der Waals surface area contributed by atoms with Crippen molar-refractivity contribution < 1.29 is 9.53 Å². The lowest BCUT2D eigenvalue weighted by molar-refractivity contribution is 0.0929. The van der Waals surface area contributed by atoms with E-state index < -0.39 is 5.54 Å². The van der Waals surface area contributed by atoms with Crippen molar-refractivity contribution >= 4 is 22.5 Å². The molecular weight excluding hydrogens is 402 g/mol. The number of aryl methyl sites for hydroxylation is 1. The third-order valence-electron chi connectivity index (χ3n) is 6.83. The van der Waals surface area contributed by atoms with E-state index in [9.17, 15) is 4.79 Å². The molecule has 1 aromatic heterocycles. The van der Waals surface area contributed by atoms with Gasteiger partial charge in [-0.1, -0.05) is 18.2 Å². The van der Waals surface area contributed by atoms with Gasteiger partial charge in [0.15, 0.2) is 0 Å². The van der Waals surface area contributed by atoms with Gasteiger partial charge < -0.3 is 19.9 Å². The van der Waals surface area contributed by atoms with Crippen LogP contribution in [-0.4, -0.2) is 61.1 Å². The first kappa shape index (κ1) is 20.7. The Morgan fingerprint density at radius 2 is 1.97 bits per heavy atom. The molecule has 0 bridgehead atoms. The van der Waals surface area contributed by atoms with Gasteiger partial charge >= 0.3 is 0 Å². The van der Waals surface area contributed by atoms with Crippen molar-refractivity contribution in [1.29, 1.82) is 0 Å². The average molecular weight is 432 g/mol. The van der Waals surface area contributed by atoms with Gasteiger partial charge in [-0.05, 0) is 57.6 Å². The Balaban J connectivity index is 1.41. The molecule has 7 nitrogen and oxygen atoms in total. The molecule has 1 saturated heterocycles. The predicted molar refractivity (Wildman–Crippen MR) is 125 cm³/mol. The number of benzene rings is 2. The molecular formula is C25H29N5O2. The van der Waals surface area contributed by atoms with Crippen molar-refractivity contribution in [3.8, 4) is 5.75 Å². The maximum absolute atomic E-state index is 13.4. The Morgan fingerprint density at radius 3 is 2.66 bits per heavy atom. The van der Waals surface area contributed by atoms with Crippen LogP contribution in [-0.2, 0) is 5.54 Å². The normalized spacial score (nSPS) is 17.3. The van der Waals surface area contributed by atoms with E-state index in [4.69, 9.17) is 4.74 Å². The molecule has 2 aromatic carbocycles. The topological polar surface area (TPSA) is 70.6 Å². The fraction of sp³-hybridized carbons (Fsp3) is 0.400. The maximum atomic E-state index is 13.4. The highest BCUT2D eigenvalue weighted by atomic mass is 16.5. The van der Waals surface area contributed by atoms with Crippen molar-refractivity contribution in [1.82, 2.24) is 20.2 Å². The highest BCUT2D eigenvalue weighted by molar-refractivity contribution is 5.98. The lowest BCUT2D eigenvalue weighted by Gasteiger charge is -2.44. The van der Waals surface area contributed by atoms with Gasteiger partial charge in [0.25, 0.3) is 5.91 Å². The molecule has 166 valence electrons. The highest BCUT2D eigenvalue weighted by Crippen LogP contribution is 2.47. The molecule has 0 unspecified atom stereocenters. The van der Waals surface area contributed by atoms with Gasteiger partial charge in [0.05, 0.1) is 18.3 Å². The summed E-state index contributed by atoms with van der Waals surface area (Å²) in [5.41, 5.74) is 3.96. The molecule has 1 saturated carbocycles. The van der Waals surface area contributed by atoms with Gasteiger partial charge in [-0.15, -0.1) is 0 Å². The van der Waals surface area contributed by atoms with Gasteiger partial charge in [-0.25, -0.2) is 9.97 Å². The van der Waals surface area contributed by atoms with Crippen LogP contribution in [0.4, 0.5) is 5.69 Å². The number of hydrogen-bond donors (Lipinski definition) is 1. The molecule has 2 aliphatic rings. The van der Waals surface area contributed by atoms with Crippen LogP contribution in [0.15, 0.2) is 42.7 Å². The zero-order valence-corrected chi connectivity index (χ0v) is 19.1. The molecule has 0 atom stereocenters. The van der Waals surface area contributed by atoms with E-state index >= 15 is 0 Å². The SMILES string of the molecule is COc1cccc2c(C3(NC(=O)c4cc(N5CC(N(C)C)C5)ccc4C)CC3)ncnc12. The number of anilines is 1. The minimum atomic E-state index is -0.458. The molecule has 1 N–H and O–H groups in total. The zero-order chi connectivity index (χ0) is 22.5. The number of carbonyl (C=O) groups excluding carboxylic acids is 1. The summed E-state index contributed by atoms with van der Waals surface area (Å²) in [7, 11) is 5.86. The third kappa shape index (κ3) is 3.46. The van der Waals surface area contributed by atoms with Gasteiger partial charge in [-0.2, -0.15) is 0 Å². The summed E-state index contributed by atoms with van der Waals surface area (Å²) in [4.78, 5) is 27.0. The first-order valence-electron chi connectivity index (χ1n) is 11.0. The number of ether oxygens (including phenoxy) is 1. The summed E-state index contributed by atoms with van der Waals surface area (Å²) in [6.45, 7) is 3.95. The van der Waals surface area contributed by atoms with Crippen LogP contribution >= 0.6 is 0 Å². The Kier molecular flexibility index (Phi) is 5.01. The van der Waals surface area contributed by atoms with Crippen LogP contribution in [0.25, 0.3) is 10.9 Å². The summed E-state index contributed by atoms with van der Waals surface area (Å²) >= 11 is 0. The van der Waals surface area contributed by atoms with E-state index in [2.05, 4.69) is 45.2 Å². The Morgan fingerprint density at radius 1 is 1.19 bits per heavy atom. The van der Waals surface area contributed by atoms with Crippen molar-refractivity contribution in [2.24, 2.45) is 0 Å². The minimum Gasteiger partial charge on any atom is -0.494 e. The van der Waals surface area contributed by atoms with E-state index in [1.54, 1.807) is 13.4 Å². The number of likely N-dealkylation sites (N-methyl/N-ethyl adjacent to an activating group) is 1. The molecule has 7 heteroatoms. The fourth-order valence-electron chi connectivity index (χ4n) is 4.48. The number of amides is 1. The lowest BCUT2D eigenvalue weighted by Crippen LogP contribution is -2.57. The number of carbonyl (C=O) groups is 1. The van der Waals surface area contributed by atoms with Crippen LogP contribution in [0.1, 0.15) is 34.5 Å². The van der Waals surface area contributed by atoms with Crippen LogP contribution in [0, 0.1) is 6.92 Å². The van der Waals surface area contributed by atoms with Crippen molar-refractivity contribution in [3.63, 3.8) is 0 Å². The quantitative estimate of drug-likeness (QED) is 0.647. The largest absolute Gasteiger partial charge is 0.494 e. The number of hydrogen-bond acceptors (Lipinski definition) is 6. The molecule has 1 amide bonds.